The average Bonchev–Trinajstić information content (AvgIpc) is 3.01. The van der Waals surface area contributed by atoms with Crippen LogP contribution in [0.1, 0.15) is 45.7 Å². The largest absolute Gasteiger partial charge is 0.380 e. The Kier molecular flexibility index (Phi) is 4.92. The summed E-state index contributed by atoms with van der Waals surface area (Å²) < 4.78 is 7.43. The van der Waals surface area contributed by atoms with Gasteiger partial charge in [-0.3, -0.25) is 14.4 Å². The number of aromatic nitrogens is 2. The van der Waals surface area contributed by atoms with Crippen LogP contribution in [0, 0.1) is 0 Å². The lowest BCUT2D eigenvalue weighted by Crippen LogP contribution is -2.52. The molecule has 0 aliphatic carbocycles. The van der Waals surface area contributed by atoms with Gasteiger partial charge in [0.2, 0.25) is 5.91 Å². The second-order valence-corrected chi connectivity index (χ2v) is 8.56. The van der Waals surface area contributed by atoms with Gasteiger partial charge < -0.3 is 15.8 Å². The molecular formula is C18H31N5O2. The molecule has 0 saturated carbocycles. The lowest BCUT2D eigenvalue weighted by atomic mass is 9.88. The van der Waals surface area contributed by atoms with Crippen molar-refractivity contribution in [3.63, 3.8) is 0 Å². The first kappa shape index (κ1) is 18.4. The molecule has 0 aromatic carbocycles. The van der Waals surface area contributed by atoms with Crippen molar-refractivity contribution in [1.82, 2.24) is 14.7 Å². The van der Waals surface area contributed by atoms with Crippen molar-refractivity contribution >= 4 is 11.7 Å². The first-order chi connectivity index (χ1) is 11.7. The number of carbonyl (C=O) groups excluding carboxylic acids is 1. The smallest absolute Gasteiger partial charge is 0.239 e. The van der Waals surface area contributed by atoms with Gasteiger partial charge >= 0.3 is 0 Å². The predicted molar refractivity (Wildman–Crippen MR) is 97.5 cm³/mol. The third-order valence-electron chi connectivity index (χ3n) is 5.32. The van der Waals surface area contributed by atoms with Gasteiger partial charge in [-0.25, -0.2) is 0 Å². The number of nitrogens with two attached hydrogens (primary N) is 1. The van der Waals surface area contributed by atoms with Crippen LogP contribution in [-0.4, -0.2) is 58.5 Å². The van der Waals surface area contributed by atoms with Crippen molar-refractivity contribution in [3.8, 4) is 0 Å². The Morgan fingerprint density at radius 2 is 2.28 bits per heavy atom. The molecule has 1 amide bonds. The summed E-state index contributed by atoms with van der Waals surface area (Å²) in [5.74, 6) is 0.704. The lowest BCUT2D eigenvalue weighted by molar-refractivity contribution is -0.120. The van der Waals surface area contributed by atoms with Gasteiger partial charge in [-0.1, -0.05) is 20.8 Å². The number of hydrogen-bond acceptors (Lipinski definition) is 5. The fraction of sp³-hybridized carbons (Fsp3) is 0.778. The van der Waals surface area contributed by atoms with Crippen LogP contribution in [0.4, 0.5) is 5.82 Å². The van der Waals surface area contributed by atoms with Crippen LogP contribution in [0.5, 0.6) is 0 Å². The van der Waals surface area contributed by atoms with Gasteiger partial charge in [-0.15, -0.1) is 0 Å². The number of nitrogens with one attached hydrogen (secondary N) is 1. The van der Waals surface area contributed by atoms with Gasteiger partial charge in [-0.2, -0.15) is 5.10 Å². The van der Waals surface area contributed by atoms with Gasteiger partial charge in [-0.05, 0) is 19.3 Å². The van der Waals surface area contributed by atoms with E-state index in [9.17, 15) is 4.79 Å². The van der Waals surface area contributed by atoms with Crippen molar-refractivity contribution < 1.29 is 9.53 Å². The Morgan fingerprint density at radius 1 is 1.52 bits per heavy atom. The molecule has 7 nitrogen and oxygen atoms in total. The van der Waals surface area contributed by atoms with E-state index in [-0.39, 0.29) is 22.9 Å². The van der Waals surface area contributed by atoms with Crippen LogP contribution in [0.2, 0.25) is 0 Å². The Bertz CT molecular complexity index is 628. The Hall–Kier alpha value is -1.44. The van der Waals surface area contributed by atoms with E-state index in [1.54, 1.807) is 4.68 Å². The van der Waals surface area contributed by atoms with Crippen LogP contribution in [0.25, 0.3) is 0 Å². The summed E-state index contributed by atoms with van der Waals surface area (Å²) in [5, 5.41) is 7.52. The number of rotatable bonds is 3. The normalized spacial score (nSPS) is 27.8. The summed E-state index contributed by atoms with van der Waals surface area (Å²) in [5.41, 5.74) is 7.03. The third kappa shape index (κ3) is 3.88. The number of anilines is 1. The van der Waals surface area contributed by atoms with Crippen LogP contribution < -0.4 is 11.1 Å². The first-order valence-electron chi connectivity index (χ1n) is 9.12. The summed E-state index contributed by atoms with van der Waals surface area (Å²) in [7, 11) is 1.85. The summed E-state index contributed by atoms with van der Waals surface area (Å²) >= 11 is 0. The SMILES string of the molecule is Cn1nc(C(C)(C)C)cc1NC(=O)CN1CC(N)CC12CCCOC2. The van der Waals surface area contributed by atoms with E-state index < -0.39 is 0 Å². The molecule has 0 bridgehead atoms. The van der Waals surface area contributed by atoms with Crippen LogP contribution >= 0.6 is 0 Å². The van der Waals surface area contributed by atoms with Crippen LogP contribution in [-0.2, 0) is 22.0 Å². The second-order valence-electron chi connectivity index (χ2n) is 8.56. The number of hydrogen-bond donors (Lipinski definition) is 2. The summed E-state index contributed by atoms with van der Waals surface area (Å²) in [6.07, 6.45) is 2.98. The molecule has 2 saturated heterocycles. The minimum atomic E-state index is -0.0714. The molecule has 2 aliphatic rings. The van der Waals surface area contributed by atoms with E-state index in [2.05, 4.69) is 36.1 Å². The molecule has 1 spiro atoms. The Balaban J connectivity index is 1.67. The van der Waals surface area contributed by atoms with E-state index in [0.29, 0.717) is 13.2 Å². The van der Waals surface area contributed by atoms with Gasteiger partial charge in [0.25, 0.3) is 0 Å². The van der Waals surface area contributed by atoms with Gasteiger partial charge in [0.05, 0.1) is 18.8 Å². The molecule has 3 N–H and O–H groups in total. The zero-order valence-corrected chi connectivity index (χ0v) is 15.8. The van der Waals surface area contributed by atoms with Crippen molar-refractivity contribution in [3.05, 3.63) is 11.8 Å². The molecule has 3 rings (SSSR count). The second kappa shape index (κ2) is 6.70. The number of aryl methyl sites for hydroxylation is 1. The number of likely N-dealkylation sites (tertiary alicyclic amines) is 1. The summed E-state index contributed by atoms with van der Waals surface area (Å²) in [6.45, 7) is 8.90. The minimum absolute atomic E-state index is 0.0255. The fourth-order valence-electron chi connectivity index (χ4n) is 3.95. The quantitative estimate of drug-likeness (QED) is 0.857. The molecular weight excluding hydrogens is 318 g/mol. The van der Waals surface area contributed by atoms with Crippen molar-refractivity contribution in [2.24, 2.45) is 12.8 Å². The summed E-state index contributed by atoms with van der Waals surface area (Å²) in [4.78, 5) is 14.9. The van der Waals surface area contributed by atoms with Crippen molar-refractivity contribution in [1.29, 1.82) is 0 Å². The van der Waals surface area contributed by atoms with E-state index in [1.165, 1.54) is 0 Å². The molecule has 0 radical (unpaired) electrons. The zero-order valence-electron chi connectivity index (χ0n) is 15.8. The third-order valence-corrected chi connectivity index (χ3v) is 5.32. The molecule has 140 valence electrons. The van der Waals surface area contributed by atoms with Gasteiger partial charge in [0.15, 0.2) is 0 Å². The number of ether oxygens (including phenoxy) is 1. The molecule has 1 aromatic heterocycles. The molecule has 1 aromatic rings. The minimum Gasteiger partial charge on any atom is -0.380 e. The highest BCUT2D eigenvalue weighted by Gasteiger charge is 2.46. The topological polar surface area (TPSA) is 85.4 Å². The molecule has 25 heavy (non-hydrogen) atoms. The molecule has 7 heteroatoms. The average molecular weight is 349 g/mol. The molecule has 2 atom stereocenters. The molecule has 2 aliphatic heterocycles. The van der Waals surface area contributed by atoms with Crippen molar-refractivity contribution in [2.75, 3.05) is 31.6 Å². The molecule has 2 unspecified atom stereocenters. The maximum Gasteiger partial charge on any atom is 0.239 e. The van der Waals surface area contributed by atoms with Crippen LogP contribution in [0.3, 0.4) is 0 Å². The highest BCUT2D eigenvalue weighted by atomic mass is 16.5. The van der Waals surface area contributed by atoms with Gasteiger partial charge in [0.1, 0.15) is 5.82 Å². The fourth-order valence-corrected chi connectivity index (χ4v) is 3.95. The number of carbonyl (C=O) groups is 1. The van der Waals surface area contributed by atoms with Crippen molar-refractivity contribution in [2.45, 2.75) is 57.0 Å². The highest BCUT2D eigenvalue weighted by Crippen LogP contribution is 2.35. The molecule has 3 heterocycles. The zero-order chi connectivity index (χ0) is 18.2. The van der Waals surface area contributed by atoms with E-state index in [1.807, 2.05) is 13.1 Å². The maximum absolute atomic E-state index is 12.6. The summed E-state index contributed by atoms with van der Waals surface area (Å²) in [6, 6.07) is 2.06. The molecule has 2 fully saturated rings. The van der Waals surface area contributed by atoms with Crippen LogP contribution in [0.15, 0.2) is 6.07 Å². The van der Waals surface area contributed by atoms with Gasteiger partial charge in [0, 0.05) is 43.3 Å². The van der Waals surface area contributed by atoms with E-state index in [0.717, 1.165) is 43.9 Å². The van der Waals surface area contributed by atoms with E-state index in [4.69, 9.17) is 10.5 Å². The Morgan fingerprint density at radius 3 is 2.88 bits per heavy atom. The monoisotopic (exact) mass is 349 g/mol. The predicted octanol–water partition coefficient (Wildman–Crippen LogP) is 1.24. The highest BCUT2D eigenvalue weighted by molar-refractivity contribution is 5.91. The first-order valence-corrected chi connectivity index (χ1v) is 9.12. The Labute approximate surface area is 149 Å². The maximum atomic E-state index is 12.6. The number of nitrogens with zero attached hydrogens (tertiary/aromatic N) is 3. The lowest BCUT2D eigenvalue weighted by Gasteiger charge is -2.40. The number of amides is 1. The standard InChI is InChI=1S/C18H31N5O2/c1-17(2,3)14-8-15(22(4)21-14)20-16(24)11-23-10-13(19)9-18(23)6-5-7-25-12-18/h8,13H,5-7,9-12,19H2,1-4H3,(H,20,24). The van der Waals surface area contributed by atoms with E-state index >= 15 is 0 Å².